The van der Waals surface area contributed by atoms with Crippen molar-refractivity contribution in [2.45, 2.75) is 32.0 Å². The van der Waals surface area contributed by atoms with E-state index in [0.717, 1.165) is 5.56 Å². The molecule has 0 heterocycles. The van der Waals surface area contributed by atoms with E-state index in [1.807, 2.05) is 0 Å². The molecule has 2 unspecified atom stereocenters. The van der Waals surface area contributed by atoms with Gasteiger partial charge in [-0.1, -0.05) is 24.3 Å². The summed E-state index contributed by atoms with van der Waals surface area (Å²) in [5, 5.41) is 27.7. The van der Waals surface area contributed by atoms with Gasteiger partial charge in [0.25, 0.3) is 0 Å². The number of rotatable bonds is 6. The molecule has 0 aliphatic carbocycles. The molecule has 0 radical (unpaired) electrons. The van der Waals surface area contributed by atoms with E-state index in [1.54, 1.807) is 24.3 Å². The van der Waals surface area contributed by atoms with Crippen molar-refractivity contribution >= 4 is 11.8 Å². The van der Waals surface area contributed by atoms with Gasteiger partial charge >= 0.3 is 5.97 Å². The zero-order valence-electron chi connectivity index (χ0n) is 10.0. The number of hydrogen-bond donors (Lipinski definition) is 3. The minimum atomic E-state index is -1.35. The summed E-state index contributed by atoms with van der Waals surface area (Å²) in [5.41, 5.74) is 1.24. The van der Waals surface area contributed by atoms with Crippen LogP contribution in [0.5, 0.6) is 0 Å². The van der Waals surface area contributed by atoms with E-state index in [4.69, 9.17) is 5.11 Å². The lowest BCUT2D eigenvalue weighted by atomic mass is 9.99. The summed E-state index contributed by atoms with van der Waals surface area (Å²) in [6.07, 6.45) is -2.79. The Morgan fingerprint density at radius 3 is 2.17 bits per heavy atom. The van der Waals surface area contributed by atoms with Crippen molar-refractivity contribution in [3.63, 3.8) is 0 Å². The van der Waals surface area contributed by atoms with Crippen molar-refractivity contribution in [2.24, 2.45) is 0 Å². The Morgan fingerprint density at radius 2 is 1.72 bits per heavy atom. The van der Waals surface area contributed by atoms with Gasteiger partial charge in [-0.05, 0) is 18.1 Å². The van der Waals surface area contributed by atoms with Gasteiger partial charge < -0.3 is 15.3 Å². The van der Waals surface area contributed by atoms with Crippen molar-refractivity contribution in [3.8, 4) is 0 Å². The van der Waals surface area contributed by atoms with Crippen molar-refractivity contribution in [2.75, 3.05) is 0 Å². The predicted octanol–water partition coefficient (Wildman–Crippen LogP) is 0.687. The van der Waals surface area contributed by atoms with Gasteiger partial charge in [0.2, 0.25) is 0 Å². The monoisotopic (exact) mass is 252 g/mol. The molecule has 0 saturated heterocycles. The molecule has 3 N–H and O–H groups in total. The number of aliphatic hydroxyl groups is 2. The van der Waals surface area contributed by atoms with Crippen LogP contribution in [0.25, 0.3) is 0 Å². The summed E-state index contributed by atoms with van der Waals surface area (Å²) in [7, 11) is 0. The van der Waals surface area contributed by atoms with Crippen LogP contribution in [0.3, 0.4) is 0 Å². The molecule has 0 aromatic heterocycles. The molecule has 98 valence electrons. The van der Waals surface area contributed by atoms with Crippen molar-refractivity contribution in [3.05, 3.63) is 35.4 Å². The van der Waals surface area contributed by atoms with Crippen LogP contribution in [-0.4, -0.2) is 33.2 Å². The average molecular weight is 252 g/mol. The Hall–Kier alpha value is -1.72. The first-order valence-electron chi connectivity index (χ1n) is 5.56. The van der Waals surface area contributed by atoms with Crippen LogP contribution in [-0.2, 0) is 16.0 Å². The fourth-order valence-corrected chi connectivity index (χ4v) is 1.63. The second-order valence-corrected chi connectivity index (χ2v) is 4.23. The van der Waals surface area contributed by atoms with Gasteiger partial charge in [-0.2, -0.15) is 0 Å². The van der Waals surface area contributed by atoms with Crippen LogP contribution in [0.15, 0.2) is 24.3 Å². The first-order chi connectivity index (χ1) is 8.40. The minimum Gasteiger partial charge on any atom is -0.481 e. The van der Waals surface area contributed by atoms with E-state index in [-0.39, 0.29) is 5.78 Å². The number of carboxylic acids is 1. The van der Waals surface area contributed by atoms with Crippen LogP contribution in [0, 0.1) is 0 Å². The predicted molar refractivity (Wildman–Crippen MR) is 64.0 cm³/mol. The number of carbonyl (C=O) groups is 2. The first kappa shape index (κ1) is 14.3. The molecule has 0 aliphatic heterocycles. The summed E-state index contributed by atoms with van der Waals surface area (Å²) in [5.74, 6) is -1.14. The zero-order chi connectivity index (χ0) is 13.7. The van der Waals surface area contributed by atoms with Crippen LogP contribution in [0.4, 0.5) is 0 Å². The van der Waals surface area contributed by atoms with E-state index in [0.29, 0.717) is 12.0 Å². The molecule has 5 heteroatoms. The molecular formula is C13H16O5. The standard InChI is InChI=1S/C13H16O5/c1-8(14)6-9-2-4-10(5-3-9)13(18)11(15)7-12(16)17/h2-5,11,13,15,18H,6-7H2,1H3,(H,16,17). The molecule has 0 saturated carbocycles. The molecule has 18 heavy (non-hydrogen) atoms. The fourth-order valence-electron chi connectivity index (χ4n) is 1.63. The zero-order valence-corrected chi connectivity index (χ0v) is 10.0. The molecular weight excluding hydrogens is 236 g/mol. The van der Waals surface area contributed by atoms with Crippen LogP contribution in [0.2, 0.25) is 0 Å². The average Bonchev–Trinajstić information content (AvgIpc) is 2.27. The highest BCUT2D eigenvalue weighted by Gasteiger charge is 2.20. The Kier molecular flexibility index (Phi) is 5.00. The highest BCUT2D eigenvalue weighted by Crippen LogP contribution is 2.19. The van der Waals surface area contributed by atoms with Crippen LogP contribution < -0.4 is 0 Å². The molecule has 0 bridgehead atoms. The second kappa shape index (κ2) is 6.28. The third-order valence-corrected chi connectivity index (χ3v) is 2.52. The van der Waals surface area contributed by atoms with Gasteiger partial charge in [0.05, 0.1) is 12.5 Å². The van der Waals surface area contributed by atoms with Crippen molar-refractivity contribution in [1.29, 1.82) is 0 Å². The molecule has 1 aromatic rings. The van der Waals surface area contributed by atoms with E-state index in [2.05, 4.69) is 0 Å². The van der Waals surface area contributed by atoms with E-state index in [9.17, 15) is 19.8 Å². The van der Waals surface area contributed by atoms with Crippen LogP contribution >= 0.6 is 0 Å². The molecule has 2 atom stereocenters. The molecule has 0 aliphatic rings. The van der Waals surface area contributed by atoms with Gasteiger partial charge in [-0.3, -0.25) is 9.59 Å². The maximum absolute atomic E-state index is 10.9. The first-order valence-corrected chi connectivity index (χ1v) is 5.56. The van der Waals surface area contributed by atoms with Crippen LogP contribution in [0.1, 0.15) is 30.6 Å². The summed E-state index contributed by atoms with van der Waals surface area (Å²) in [4.78, 5) is 21.3. The number of carbonyl (C=O) groups excluding carboxylic acids is 1. The Labute approximate surface area is 105 Å². The van der Waals surface area contributed by atoms with E-state index >= 15 is 0 Å². The maximum atomic E-state index is 10.9. The Bertz CT molecular complexity index is 424. The smallest absolute Gasteiger partial charge is 0.306 e. The SMILES string of the molecule is CC(=O)Cc1ccc(C(O)C(O)CC(=O)O)cc1. The fraction of sp³-hybridized carbons (Fsp3) is 0.385. The summed E-state index contributed by atoms with van der Waals surface area (Å²) >= 11 is 0. The number of Topliss-reactive ketones (excluding diaryl/α,β-unsaturated/α-hetero) is 1. The third kappa shape index (κ3) is 4.27. The number of benzene rings is 1. The minimum absolute atomic E-state index is 0.0363. The van der Waals surface area contributed by atoms with E-state index in [1.165, 1.54) is 6.92 Å². The third-order valence-electron chi connectivity index (χ3n) is 2.52. The largest absolute Gasteiger partial charge is 0.481 e. The van der Waals surface area contributed by atoms with Gasteiger partial charge in [0.15, 0.2) is 0 Å². The topological polar surface area (TPSA) is 94.8 Å². The number of hydrogen-bond acceptors (Lipinski definition) is 4. The lowest BCUT2D eigenvalue weighted by Crippen LogP contribution is -2.21. The number of aliphatic hydroxyl groups excluding tert-OH is 2. The summed E-state index contributed by atoms with van der Waals surface area (Å²) in [6, 6.07) is 6.50. The molecule has 5 nitrogen and oxygen atoms in total. The summed E-state index contributed by atoms with van der Waals surface area (Å²) in [6.45, 7) is 1.49. The lowest BCUT2D eigenvalue weighted by Gasteiger charge is -2.16. The number of carboxylic acid groups (broad SMARTS) is 1. The number of ketones is 1. The van der Waals surface area contributed by atoms with Crippen molar-refractivity contribution < 1.29 is 24.9 Å². The molecule has 0 spiro atoms. The molecule has 1 aromatic carbocycles. The lowest BCUT2D eigenvalue weighted by molar-refractivity contribution is -0.141. The normalized spacial score (nSPS) is 13.9. The van der Waals surface area contributed by atoms with Gasteiger partial charge in [-0.15, -0.1) is 0 Å². The van der Waals surface area contributed by atoms with Crippen molar-refractivity contribution in [1.82, 2.24) is 0 Å². The quantitative estimate of drug-likeness (QED) is 0.692. The summed E-state index contributed by atoms with van der Waals surface area (Å²) < 4.78 is 0. The van der Waals surface area contributed by atoms with E-state index < -0.39 is 24.6 Å². The van der Waals surface area contributed by atoms with Gasteiger partial charge in [0, 0.05) is 6.42 Å². The Balaban J connectivity index is 2.72. The van der Waals surface area contributed by atoms with Gasteiger partial charge in [-0.25, -0.2) is 0 Å². The molecule has 0 amide bonds. The van der Waals surface area contributed by atoms with Gasteiger partial charge in [0.1, 0.15) is 11.9 Å². The maximum Gasteiger partial charge on any atom is 0.306 e. The molecule has 0 fully saturated rings. The highest BCUT2D eigenvalue weighted by molar-refractivity contribution is 5.78. The highest BCUT2D eigenvalue weighted by atomic mass is 16.4. The number of aliphatic carboxylic acids is 1. The molecule has 1 rings (SSSR count). The second-order valence-electron chi connectivity index (χ2n) is 4.23. The Morgan fingerprint density at radius 1 is 1.17 bits per heavy atom.